The monoisotopic (exact) mass is 361 g/mol. The van der Waals surface area contributed by atoms with Gasteiger partial charge >= 0.3 is 0 Å². The molecule has 0 aromatic carbocycles. The van der Waals surface area contributed by atoms with Crippen LogP contribution < -0.4 is 5.32 Å². The van der Waals surface area contributed by atoms with Crippen molar-refractivity contribution in [2.24, 2.45) is 0 Å². The maximum absolute atomic E-state index is 9.25. The molecule has 0 saturated carbocycles. The standard InChI is InChI=1S/C15H16BrN5O/c1-9-10(2)21(5-6-22)15-13(9)14(18-8-19-15)20-12-4-3-11(16)7-17-12/h3-4,7-8,22H,5-6H2,1-2H3,(H,17,18,19,20). The van der Waals surface area contributed by atoms with Crippen LogP contribution in [0.3, 0.4) is 0 Å². The molecule has 0 aliphatic heterocycles. The Morgan fingerprint density at radius 2 is 2.05 bits per heavy atom. The summed E-state index contributed by atoms with van der Waals surface area (Å²) in [6.07, 6.45) is 3.26. The fourth-order valence-electron chi connectivity index (χ4n) is 2.51. The molecule has 0 aliphatic carbocycles. The highest BCUT2D eigenvalue weighted by molar-refractivity contribution is 9.10. The van der Waals surface area contributed by atoms with Gasteiger partial charge in [0, 0.05) is 22.9 Å². The van der Waals surface area contributed by atoms with Crippen LogP contribution in [0.5, 0.6) is 0 Å². The van der Waals surface area contributed by atoms with Crippen molar-refractivity contribution < 1.29 is 5.11 Å². The molecule has 0 amide bonds. The van der Waals surface area contributed by atoms with Crippen LogP contribution >= 0.6 is 15.9 Å². The van der Waals surface area contributed by atoms with Crippen LogP contribution in [0.4, 0.5) is 11.6 Å². The molecule has 7 heteroatoms. The van der Waals surface area contributed by atoms with Crippen molar-refractivity contribution in [2.45, 2.75) is 20.4 Å². The second-order valence-corrected chi connectivity index (χ2v) is 5.91. The van der Waals surface area contributed by atoms with Gasteiger partial charge in [0.15, 0.2) is 0 Å². The normalized spacial score (nSPS) is 11.1. The van der Waals surface area contributed by atoms with Crippen LogP contribution in [0.25, 0.3) is 11.0 Å². The Balaban J connectivity index is 2.10. The number of aromatic nitrogens is 4. The van der Waals surface area contributed by atoms with E-state index in [4.69, 9.17) is 0 Å². The number of nitrogens with zero attached hydrogens (tertiary/aromatic N) is 4. The van der Waals surface area contributed by atoms with Crippen molar-refractivity contribution >= 4 is 38.6 Å². The zero-order valence-electron chi connectivity index (χ0n) is 12.3. The average molecular weight is 362 g/mol. The van der Waals surface area contributed by atoms with Crippen LogP contribution in [0.1, 0.15) is 11.3 Å². The van der Waals surface area contributed by atoms with Crippen LogP contribution in [-0.2, 0) is 6.54 Å². The van der Waals surface area contributed by atoms with Gasteiger partial charge in [-0.15, -0.1) is 0 Å². The Labute approximate surface area is 136 Å². The number of aliphatic hydroxyl groups is 1. The molecule has 0 radical (unpaired) electrons. The Morgan fingerprint density at radius 1 is 1.23 bits per heavy atom. The summed E-state index contributed by atoms with van der Waals surface area (Å²) in [5.74, 6) is 1.44. The van der Waals surface area contributed by atoms with Crippen molar-refractivity contribution in [3.8, 4) is 0 Å². The lowest BCUT2D eigenvalue weighted by Gasteiger charge is -2.07. The van der Waals surface area contributed by atoms with Crippen molar-refractivity contribution in [1.29, 1.82) is 0 Å². The molecule has 0 bridgehead atoms. The molecule has 0 fully saturated rings. The molecule has 2 N–H and O–H groups in total. The lowest BCUT2D eigenvalue weighted by molar-refractivity contribution is 0.276. The predicted molar refractivity (Wildman–Crippen MR) is 89.3 cm³/mol. The van der Waals surface area contributed by atoms with Crippen LogP contribution in [-0.4, -0.2) is 31.2 Å². The minimum Gasteiger partial charge on any atom is -0.395 e. The van der Waals surface area contributed by atoms with Crippen molar-refractivity contribution in [3.05, 3.63) is 40.4 Å². The van der Waals surface area contributed by atoms with Gasteiger partial charge in [0.2, 0.25) is 0 Å². The fraction of sp³-hybridized carbons (Fsp3) is 0.267. The smallest absolute Gasteiger partial charge is 0.146 e. The number of hydrogen-bond donors (Lipinski definition) is 2. The molecule has 6 nitrogen and oxygen atoms in total. The van der Waals surface area contributed by atoms with Gasteiger partial charge in [0.1, 0.15) is 23.6 Å². The Morgan fingerprint density at radius 3 is 2.73 bits per heavy atom. The van der Waals surface area contributed by atoms with E-state index >= 15 is 0 Å². The zero-order chi connectivity index (χ0) is 15.7. The van der Waals surface area contributed by atoms with E-state index in [9.17, 15) is 5.11 Å². The molecule has 0 unspecified atom stereocenters. The Bertz CT molecular complexity index is 813. The summed E-state index contributed by atoms with van der Waals surface area (Å²) in [5, 5.41) is 13.4. The van der Waals surface area contributed by atoms with Gasteiger partial charge in [0.05, 0.1) is 12.0 Å². The maximum Gasteiger partial charge on any atom is 0.146 e. The largest absolute Gasteiger partial charge is 0.395 e. The van der Waals surface area contributed by atoms with E-state index in [1.807, 2.05) is 30.5 Å². The van der Waals surface area contributed by atoms with Gasteiger partial charge in [-0.25, -0.2) is 15.0 Å². The molecule has 3 heterocycles. The molecular formula is C15H16BrN5O. The number of pyridine rings is 1. The first-order chi connectivity index (χ1) is 10.6. The van der Waals surface area contributed by atoms with E-state index in [2.05, 4.69) is 36.2 Å². The fourth-order valence-corrected chi connectivity index (χ4v) is 2.74. The highest BCUT2D eigenvalue weighted by Crippen LogP contribution is 2.30. The number of hydrogen-bond acceptors (Lipinski definition) is 5. The second kappa shape index (κ2) is 6.02. The van der Waals surface area contributed by atoms with Crippen molar-refractivity contribution in [2.75, 3.05) is 11.9 Å². The quantitative estimate of drug-likeness (QED) is 0.746. The number of aliphatic hydroxyl groups excluding tert-OH is 1. The van der Waals surface area contributed by atoms with Gasteiger partial charge < -0.3 is 15.0 Å². The third kappa shape index (κ3) is 2.57. The zero-order valence-corrected chi connectivity index (χ0v) is 13.9. The van der Waals surface area contributed by atoms with E-state index in [0.29, 0.717) is 6.54 Å². The minimum absolute atomic E-state index is 0.0745. The van der Waals surface area contributed by atoms with Crippen LogP contribution in [0.2, 0.25) is 0 Å². The summed E-state index contributed by atoms with van der Waals surface area (Å²) in [4.78, 5) is 13.0. The molecule has 0 saturated heterocycles. The number of fused-ring (bicyclic) bond motifs is 1. The summed E-state index contributed by atoms with van der Waals surface area (Å²) in [6, 6.07) is 3.80. The summed E-state index contributed by atoms with van der Waals surface area (Å²) in [7, 11) is 0. The van der Waals surface area contributed by atoms with E-state index < -0.39 is 0 Å². The summed E-state index contributed by atoms with van der Waals surface area (Å²) < 4.78 is 2.93. The Kier molecular flexibility index (Phi) is 4.08. The molecule has 3 rings (SSSR count). The van der Waals surface area contributed by atoms with Crippen LogP contribution in [0, 0.1) is 13.8 Å². The van der Waals surface area contributed by atoms with Gasteiger partial charge in [0.25, 0.3) is 0 Å². The summed E-state index contributed by atoms with van der Waals surface area (Å²) >= 11 is 3.37. The molecule has 0 spiro atoms. The number of aryl methyl sites for hydroxylation is 1. The number of halogens is 1. The number of rotatable bonds is 4. The van der Waals surface area contributed by atoms with Gasteiger partial charge in [-0.1, -0.05) is 0 Å². The van der Waals surface area contributed by atoms with Crippen LogP contribution in [0.15, 0.2) is 29.1 Å². The third-order valence-electron chi connectivity index (χ3n) is 3.70. The molecule has 0 atom stereocenters. The molecule has 22 heavy (non-hydrogen) atoms. The van der Waals surface area contributed by atoms with Gasteiger partial charge in [-0.2, -0.15) is 0 Å². The number of nitrogens with one attached hydrogen (secondary N) is 1. The van der Waals surface area contributed by atoms with Gasteiger partial charge in [-0.05, 0) is 47.5 Å². The molecule has 3 aromatic heterocycles. The summed E-state index contributed by atoms with van der Waals surface area (Å²) in [6.45, 7) is 4.65. The lowest BCUT2D eigenvalue weighted by atomic mass is 10.2. The second-order valence-electron chi connectivity index (χ2n) is 4.99. The van der Waals surface area contributed by atoms with E-state index in [-0.39, 0.29) is 6.61 Å². The molecule has 3 aromatic rings. The number of anilines is 2. The van der Waals surface area contributed by atoms with E-state index in [1.165, 1.54) is 6.33 Å². The van der Waals surface area contributed by atoms with E-state index in [1.54, 1.807) is 6.20 Å². The topological polar surface area (TPSA) is 75.9 Å². The van der Waals surface area contributed by atoms with Crippen molar-refractivity contribution in [3.63, 3.8) is 0 Å². The van der Waals surface area contributed by atoms with E-state index in [0.717, 1.165) is 38.4 Å². The highest BCUT2D eigenvalue weighted by atomic mass is 79.9. The maximum atomic E-state index is 9.25. The first-order valence-corrected chi connectivity index (χ1v) is 7.71. The third-order valence-corrected chi connectivity index (χ3v) is 4.17. The van der Waals surface area contributed by atoms with Gasteiger partial charge in [-0.3, -0.25) is 0 Å². The molecule has 0 aliphatic rings. The lowest BCUT2D eigenvalue weighted by Crippen LogP contribution is -2.05. The Hall–Kier alpha value is -1.99. The summed E-state index contributed by atoms with van der Waals surface area (Å²) in [5.41, 5.74) is 3.00. The molecular weight excluding hydrogens is 346 g/mol. The predicted octanol–water partition coefficient (Wildman–Crippen LogP) is 2.94. The first-order valence-electron chi connectivity index (χ1n) is 6.91. The first kappa shape index (κ1) is 14.9. The SMILES string of the molecule is Cc1c(C)n(CCO)c2ncnc(Nc3ccc(Br)cn3)c12. The molecule has 114 valence electrons. The minimum atomic E-state index is 0.0745. The van der Waals surface area contributed by atoms with Crippen molar-refractivity contribution in [1.82, 2.24) is 19.5 Å². The average Bonchev–Trinajstić information content (AvgIpc) is 2.76. The highest BCUT2D eigenvalue weighted by Gasteiger charge is 2.16.